The van der Waals surface area contributed by atoms with Crippen LogP contribution in [0.3, 0.4) is 0 Å². The number of amides is 1. The number of rotatable bonds is 5. The van der Waals surface area contributed by atoms with Gasteiger partial charge in [0.1, 0.15) is 0 Å². The van der Waals surface area contributed by atoms with Crippen molar-refractivity contribution in [3.8, 4) is 0 Å². The van der Waals surface area contributed by atoms with Gasteiger partial charge in [0, 0.05) is 42.8 Å². The standard InChI is InChI=1S/C20H24IN3O/c1-23-9-11-24(12-10-23)15-17-6-4-5-16(13-17)14-22-20(25)18-7-2-3-8-19(18)21/h2-8,13H,9-12,14-15H2,1H3,(H,22,25). The smallest absolute Gasteiger partial charge is 0.252 e. The third kappa shape index (κ3) is 5.26. The number of carbonyl (C=O) groups is 1. The first-order chi connectivity index (χ1) is 12.1. The number of hydrogen-bond donors (Lipinski definition) is 1. The molecule has 132 valence electrons. The number of piperazine rings is 1. The maximum absolute atomic E-state index is 12.3. The normalized spacial score (nSPS) is 15.9. The summed E-state index contributed by atoms with van der Waals surface area (Å²) in [5.74, 6) is -0.0190. The molecule has 0 saturated carbocycles. The van der Waals surface area contributed by atoms with Gasteiger partial charge in [-0.2, -0.15) is 0 Å². The second kappa shape index (κ2) is 8.78. The zero-order valence-electron chi connectivity index (χ0n) is 14.5. The fourth-order valence-corrected chi connectivity index (χ4v) is 3.66. The van der Waals surface area contributed by atoms with Crippen LogP contribution in [0.5, 0.6) is 0 Å². The number of nitrogens with zero attached hydrogens (tertiary/aromatic N) is 2. The van der Waals surface area contributed by atoms with Crippen LogP contribution in [0, 0.1) is 3.57 Å². The summed E-state index contributed by atoms with van der Waals surface area (Å²) in [6.07, 6.45) is 0. The first kappa shape index (κ1) is 18.4. The molecule has 2 aromatic rings. The van der Waals surface area contributed by atoms with Crippen molar-refractivity contribution in [2.45, 2.75) is 13.1 Å². The van der Waals surface area contributed by atoms with Crippen LogP contribution in [0.1, 0.15) is 21.5 Å². The molecule has 2 aromatic carbocycles. The number of benzene rings is 2. The van der Waals surface area contributed by atoms with Crippen molar-refractivity contribution in [2.24, 2.45) is 0 Å². The Kier molecular flexibility index (Phi) is 6.45. The van der Waals surface area contributed by atoms with E-state index < -0.39 is 0 Å². The van der Waals surface area contributed by atoms with E-state index in [2.05, 4.69) is 69.0 Å². The van der Waals surface area contributed by atoms with Gasteiger partial charge in [0.05, 0.1) is 5.56 Å². The number of hydrogen-bond acceptors (Lipinski definition) is 3. The molecule has 1 fully saturated rings. The highest BCUT2D eigenvalue weighted by atomic mass is 127. The van der Waals surface area contributed by atoms with Crippen LogP contribution in [-0.4, -0.2) is 48.9 Å². The van der Waals surface area contributed by atoms with E-state index in [-0.39, 0.29) is 5.91 Å². The third-order valence-corrected chi connectivity index (χ3v) is 5.51. The Morgan fingerprint density at radius 3 is 2.52 bits per heavy atom. The molecule has 1 aliphatic rings. The van der Waals surface area contributed by atoms with Crippen molar-refractivity contribution in [2.75, 3.05) is 33.2 Å². The van der Waals surface area contributed by atoms with E-state index in [0.717, 1.165) is 47.4 Å². The third-order valence-electron chi connectivity index (χ3n) is 4.57. The zero-order chi connectivity index (χ0) is 17.6. The lowest BCUT2D eigenvalue weighted by Crippen LogP contribution is -2.43. The van der Waals surface area contributed by atoms with E-state index >= 15 is 0 Å². The molecule has 0 unspecified atom stereocenters. The van der Waals surface area contributed by atoms with Crippen LogP contribution in [0.25, 0.3) is 0 Å². The molecule has 0 aromatic heterocycles. The SMILES string of the molecule is CN1CCN(Cc2cccc(CNC(=O)c3ccccc3I)c2)CC1. The van der Waals surface area contributed by atoms with E-state index in [1.54, 1.807) is 0 Å². The van der Waals surface area contributed by atoms with Gasteiger partial charge in [-0.15, -0.1) is 0 Å². The molecule has 4 nitrogen and oxygen atoms in total. The van der Waals surface area contributed by atoms with Crippen LogP contribution in [0.2, 0.25) is 0 Å². The van der Waals surface area contributed by atoms with Crippen molar-refractivity contribution < 1.29 is 4.79 Å². The minimum Gasteiger partial charge on any atom is -0.348 e. The van der Waals surface area contributed by atoms with Gasteiger partial charge in [0.2, 0.25) is 0 Å². The molecule has 25 heavy (non-hydrogen) atoms. The van der Waals surface area contributed by atoms with Crippen LogP contribution < -0.4 is 5.32 Å². The Hall–Kier alpha value is -1.44. The fraction of sp³-hybridized carbons (Fsp3) is 0.350. The molecule has 1 heterocycles. The molecule has 5 heteroatoms. The van der Waals surface area contributed by atoms with E-state index in [1.807, 2.05) is 24.3 Å². The first-order valence-electron chi connectivity index (χ1n) is 8.63. The summed E-state index contributed by atoms with van der Waals surface area (Å²) >= 11 is 2.20. The minimum atomic E-state index is -0.0190. The Bertz CT molecular complexity index is 726. The van der Waals surface area contributed by atoms with Crippen LogP contribution >= 0.6 is 22.6 Å². The van der Waals surface area contributed by atoms with Gasteiger partial charge in [-0.3, -0.25) is 9.69 Å². The number of halogens is 1. The highest BCUT2D eigenvalue weighted by Crippen LogP contribution is 2.13. The number of nitrogens with one attached hydrogen (secondary N) is 1. The van der Waals surface area contributed by atoms with Gasteiger partial charge in [-0.05, 0) is 52.9 Å². The Morgan fingerprint density at radius 1 is 1.04 bits per heavy atom. The maximum Gasteiger partial charge on any atom is 0.252 e. The molecule has 3 rings (SSSR count). The predicted octanol–water partition coefficient (Wildman–Crippen LogP) is 2.97. The van der Waals surface area contributed by atoms with Gasteiger partial charge < -0.3 is 10.2 Å². The molecule has 0 aliphatic carbocycles. The quantitative estimate of drug-likeness (QED) is 0.714. The summed E-state index contributed by atoms with van der Waals surface area (Å²) in [6.45, 7) is 6.03. The largest absolute Gasteiger partial charge is 0.348 e. The monoisotopic (exact) mass is 449 g/mol. The average molecular weight is 449 g/mol. The molecule has 1 aliphatic heterocycles. The number of likely N-dealkylation sites (N-methyl/N-ethyl adjacent to an activating group) is 1. The highest BCUT2D eigenvalue weighted by Gasteiger charge is 2.14. The first-order valence-corrected chi connectivity index (χ1v) is 9.71. The predicted molar refractivity (Wildman–Crippen MR) is 110 cm³/mol. The van der Waals surface area contributed by atoms with Crippen LogP contribution in [-0.2, 0) is 13.1 Å². The van der Waals surface area contributed by atoms with Crippen molar-refractivity contribution in [3.63, 3.8) is 0 Å². The summed E-state index contributed by atoms with van der Waals surface area (Å²) in [5.41, 5.74) is 3.19. The lowest BCUT2D eigenvalue weighted by atomic mass is 10.1. The molecular formula is C20H24IN3O. The van der Waals surface area contributed by atoms with Crippen LogP contribution in [0.4, 0.5) is 0 Å². The van der Waals surface area contributed by atoms with E-state index in [9.17, 15) is 4.79 Å². The van der Waals surface area contributed by atoms with E-state index in [0.29, 0.717) is 6.54 Å². The second-order valence-electron chi connectivity index (χ2n) is 6.56. The van der Waals surface area contributed by atoms with Crippen molar-refractivity contribution in [3.05, 3.63) is 68.8 Å². The van der Waals surface area contributed by atoms with Gasteiger partial charge in [-0.25, -0.2) is 0 Å². The van der Waals surface area contributed by atoms with Gasteiger partial charge >= 0.3 is 0 Å². The highest BCUT2D eigenvalue weighted by molar-refractivity contribution is 14.1. The molecule has 0 atom stereocenters. The van der Waals surface area contributed by atoms with E-state index in [4.69, 9.17) is 0 Å². The molecular weight excluding hydrogens is 425 g/mol. The van der Waals surface area contributed by atoms with Gasteiger partial charge in [0.25, 0.3) is 5.91 Å². The lowest BCUT2D eigenvalue weighted by molar-refractivity contribution is 0.0950. The molecule has 0 bridgehead atoms. The fourth-order valence-electron chi connectivity index (χ4n) is 3.03. The summed E-state index contributed by atoms with van der Waals surface area (Å²) in [5, 5.41) is 3.03. The molecule has 0 spiro atoms. The molecule has 1 N–H and O–H groups in total. The Balaban J connectivity index is 1.56. The molecule has 1 amide bonds. The van der Waals surface area contributed by atoms with Crippen molar-refractivity contribution in [1.29, 1.82) is 0 Å². The Morgan fingerprint density at radius 2 is 1.76 bits per heavy atom. The number of carbonyl (C=O) groups excluding carboxylic acids is 1. The average Bonchev–Trinajstić information content (AvgIpc) is 2.62. The summed E-state index contributed by atoms with van der Waals surface area (Å²) in [6, 6.07) is 16.2. The summed E-state index contributed by atoms with van der Waals surface area (Å²) in [7, 11) is 2.18. The lowest BCUT2D eigenvalue weighted by Gasteiger charge is -2.32. The summed E-state index contributed by atoms with van der Waals surface area (Å²) < 4.78 is 0.974. The minimum absolute atomic E-state index is 0.0190. The zero-order valence-corrected chi connectivity index (χ0v) is 16.7. The van der Waals surface area contributed by atoms with Crippen LogP contribution in [0.15, 0.2) is 48.5 Å². The topological polar surface area (TPSA) is 35.6 Å². The second-order valence-corrected chi connectivity index (χ2v) is 7.72. The van der Waals surface area contributed by atoms with Crippen molar-refractivity contribution >= 4 is 28.5 Å². The molecule has 0 radical (unpaired) electrons. The molecule has 1 saturated heterocycles. The Labute approximate surface area is 163 Å². The maximum atomic E-state index is 12.3. The van der Waals surface area contributed by atoms with Crippen molar-refractivity contribution in [1.82, 2.24) is 15.1 Å². The van der Waals surface area contributed by atoms with E-state index in [1.165, 1.54) is 5.56 Å². The van der Waals surface area contributed by atoms with Gasteiger partial charge in [0.15, 0.2) is 0 Å². The van der Waals surface area contributed by atoms with Gasteiger partial charge in [-0.1, -0.05) is 36.4 Å². The summed E-state index contributed by atoms with van der Waals surface area (Å²) in [4.78, 5) is 17.2.